The Morgan fingerprint density at radius 1 is 1.05 bits per heavy atom. The van der Waals surface area contributed by atoms with E-state index in [4.69, 9.17) is 0 Å². The number of alkyl halides is 2. The van der Waals surface area contributed by atoms with Gasteiger partial charge in [-0.2, -0.15) is 8.78 Å². The van der Waals surface area contributed by atoms with Crippen molar-refractivity contribution in [2.75, 3.05) is 5.32 Å². The van der Waals surface area contributed by atoms with E-state index in [1.54, 1.807) is 12.1 Å². The topological polar surface area (TPSA) is 12.0 Å². The van der Waals surface area contributed by atoms with E-state index in [0.29, 0.717) is 23.2 Å². The van der Waals surface area contributed by atoms with E-state index in [0.717, 1.165) is 15.7 Å². The van der Waals surface area contributed by atoms with Crippen molar-refractivity contribution in [3.05, 3.63) is 58.6 Å². The molecule has 1 N–H and O–H groups in total. The second-order valence-electron chi connectivity index (χ2n) is 3.85. The largest absolute Gasteiger partial charge is 0.381 e. The summed E-state index contributed by atoms with van der Waals surface area (Å²) in [4.78, 5) is 0.571. The molecule has 0 amide bonds. The fraction of sp³-hybridized carbons (Fsp3) is 0.143. The van der Waals surface area contributed by atoms with Crippen LogP contribution in [0.1, 0.15) is 5.56 Å². The SMILES string of the molecule is FC(F)Sc1ccc(NCc2ccccc2Br)cc1. The summed E-state index contributed by atoms with van der Waals surface area (Å²) in [6.45, 7) is 0.683. The van der Waals surface area contributed by atoms with Crippen molar-refractivity contribution < 1.29 is 8.78 Å². The van der Waals surface area contributed by atoms with Crippen LogP contribution in [0.3, 0.4) is 0 Å². The highest BCUT2D eigenvalue weighted by Gasteiger charge is 2.04. The van der Waals surface area contributed by atoms with E-state index in [1.807, 2.05) is 36.4 Å². The zero-order valence-electron chi connectivity index (χ0n) is 9.95. The highest BCUT2D eigenvalue weighted by molar-refractivity contribution is 9.10. The lowest BCUT2D eigenvalue weighted by Gasteiger charge is -2.09. The molecule has 2 aromatic carbocycles. The first-order valence-electron chi connectivity index (χ1n) is 5.67. The second kappa shape index (κ2) is 6.91. The molecule has 0 bridgehead atoms. The van der Waals surface area contributed by atoms with Crippen LogP contribution in [0.5, 0.6) is 0 Å². The first-order chi connectivity index (χ1) is 9.15. The molecule has 0 aliphatic heterocycles. The summed E-state index contributed by atoms with van der Waals surface area (Å²) in [5.74, 6) is -2.38. The normalized spacial score (nSPS) is 10.7. The maximum absolute atomic E-state index is 12.2. The van der Waals surface area contributed by atoms with Crippen LogP contribution in [-0.4, -0.2) is 5.76 Å². The van der Waals surface area contributed by atoms with Gasteiger partial charge in [0, 0.05) is 21.6 Å². The van der Waals surface area contributed by atoms with Gasteiger partial charge in [0.25, 0.3) is 5.76 Å². The van der Waals surface area contributed by atoms with Gasteiger partial charge in [-0.05, 0) is 35.9 Å². The van der Waals surface area contributed by atoms with Gasteiger partial charge in [0.05, 0.1) is 0 Å². The third-order valence-electron chi connectivity index (χ3n) is 2.52. The molecule has 0 saturated heterocycles. The molecular formula is C14H12BrF2NS. The predicted octanol–water partition coefficient (Wildman–Crippen LogP) is 5.38. The first-order valence-corrected chi connectivity index (χ1v) is 7.34. The molecule has 5 heteroatoms. The number of nitrogens with one attached hydrogen (secondary N) is 1. The number of benzene rings is 2. The monoisotopic (exact) mass is 343 g/mol. The molecule has 2 rings (SSSR count). The van der Waals surface area contributed by atoms with E-state index in [2.05, 4.69) is 21.2 Å². The van der Waals surface area contributed by atoms with E-state index < -0.39 is 5.76 Å². The Morgan fingerprint density at radius 3 is 2.37 bits per heavy atom. The Hall–Kier alpha value is -1.07. The molecule has 1 nitrogen and oxygen atoms in total. The molecule has 100 valence electrons. The minimum atomic E-state index is -2.38. The number of hydrogen-bond donors (Lipinski definition) is 1. The van der Waals surface area contributed by atoms with Gasteiger partial charge in [-0.15, -0.1) is 0 Å². The Labute approximate surface area is 123 Å². The fourth-order valence-corrected chi connectivity index (χ4v) is 2.52. The Kier molecular flexibility index (Phi) is 5.22. The summed E-state index contributed by atoms with van der Waals surface area (Å²) in [7, 11) is 0. The third-order valence-corrected chi connectivity index (χ3v) is 4.02. The van der Waals surface area contributed by atoms with E-state index in [9.17, 15) is 8.78 Å². The van der Waals surface area contributed by atoms with Gasteiger partial charge in [0.2, 0.25) is 0 Å². The minimum absolute atomic E-state index is 0.555. The molecule has 0 aliphatic rings. The molecule has 0 aliphatic carbocycles. The zero-order valence-corrected chi connectivity index (χ0v) is 12.3. The number of thioether (sulfide) groups is 1. The molecule has 19 heavy (non-hydrogen) atoms. The lowest BCUT2D eigenvalue weighted by atomic mass is 10.2. The Morgan fingerprint density at radius 2 is 1.74 bits per heavy atom. The standard InChI is InChI=1S/C14H12BrF2NS/c15-13-4-2-1-3-10(13)9-18-11-5-7-12(8-6-11)19-14(16)17/h1-8,14,18H,9H2. The van der Waals surface area contributed by atoms with E-state index in [-0.39, 0.29) is 0 Å². The molecular weight excluding hydrogens is 332 g/mol. The Balaban J connectivity index is 1.95. The average molecular weight is 344 g/mol. The van der Waals surface area contributed by atoms with Crippen molar-refractivity contribution >= 4 is 33.4 Å². The van der Waals surface area contributed by atoms with Crippen molar-refractivity contribution in [3.8, 4) is 0 Å². The lowest BCUT2D eigenvalue weighted by Crippen LogP contribution is -1.99. The molecule has 0 aromatic heterocycles. The minimum Gasteiger partial charge on any atom is -0.381 e. The Bertz CT molecular complexity index is 531. The van der Waals surface area contributed by atoms with Gasteiger partial charge >= 0.3 is 0 Å². The van der Waals surface area contributed by atoms with Crippen LogP contribution in [0.4, 0.5) is 14.5 Å². The molecule has 0 unspecified atom stereocenters. The predicted molar refractivity (Wildman–Crippen MR) is 79.8 cm³/mol. The summed E-state index contributed by atoms with van der Waals surface area (Å²) in [5, 5.41) is 3.26. The molecule has 0 heterocycles. The summed E-state index contributed by atoms with van der Waals surface area (Å²) in [6.07, 6.45) is 0. The van der Waals surface area contributed by atoms with Crippen LogP contribution >= 0.6 is 27.7 Å². The molecule has 0 fully saturated rings. The van der Waals surface area contributed by atoms with Gasteiger partial charge in [-0.25, -0.2) is 0 Å². The summed E-state index contributed by atoms with van der Waals surface area (Å²) in [5.41, 5.74) is 2.06. The highest BCUT2D eigenvalue weighted by Crippen LogP contribution is 2.26. The van der Waals surface area contributed by atoms with Crippen molar-refractivity contribution in [3.63, 3.8) is 0 Å². The number of halogens is 3. The first kappa shape index (κ1) is 14.3. The van der Waals surface area contributed by atoms with Gasteiger partial charge in [0.1, 0.15) is 0 Å². The smallest absolute Gasteiger partial charge is 0.288 e. The second-order valence-corrected chi connectivity index (χ2v) is 5.77. The van der Waals surface area contributed by atoms with Crippen molar-refractivity contribution in [1.82, 2.24) is 0 Å². The average Bonchev–Trinajstić information content (AvgIpc) is 2.39. The maximum Gasteiger partial charge on any atom is 0.288 e. The summed E-state index contributed by atoms with van der Waals surface area (Å²) in [6, 6.07) is 15.0. The quantitative estimate of drug-likeness (QED) is 0.731. The molecule has 0 saturated carbocycles. The molecule has 0 spiro atoms. The number of anilines is 1. The third kappa shape index (κ3) is 4.51. The van der Waals surface area contributed by atoms with Gasteiger partial charge in [-0.3, -0.25) is 0 Å². The molecule has 0 radical (unpaired) electrons. The van der Waals surface area contributed by atoms with Gasteiger partial charge in [-0.1, -0.05) is 45.9 Å². The van der Waals surface area contributed by atoms with Crippen molar-refractivity contribution in [1.29, 1.82) is 0 Å². The van der Waals surface area contributed by atoms with Gasteiger partial charge in [0.15, 0.2) is 0 Å². The fourth-order valence-electron chi connectivity index (χ4n) is 1.59. The van der Waals surface area contributed by atoms with Crippen LogP contribution in [0, 0.1) is 0 Å². The van der Waals surface area contributed by atoms with Crippen molar-refractivity contribution in [2.45, 2.75) is 17.2 Å². The summed E-state index contributed by atoms with van der Waals surface area (Å²) >= 11 is 4.04. The lowest BCUT2D eigenvalue weighted by molar-refractivity contribution is 0.252. The van der Waals surface area contributed by atoms with Crippen LogP contribution in [0.2, 0.25) is 0 Å². The van der Waals surface area contributed by atoms with Crippen LogP contribution in [0.25, 0.3) is 0 Å². The maximum atomic E-state index is 12.2. The summed E-state index contributed by atoms with van der Waals surface area (Å²) < 4.78 is 25.4. The number of rotatable bonds is 5. The van der Waals surface area contributed by atoms with E-state index >= 15 is 0 Å². The zero-order chi connectivity index (χ0) is 13.7. The van der Waals surface area contributed by atoms with E-state index in [1.165, 1.54) is 0 Å². The van der Waals surface area contributed by atoms with Crippen LogP contribution in [-0.2, 0) is 6.54 Å². The highest BCUT2D eigenvalue weighted by atomic mass is 79.9. The molecule has 0 atom stereocenters. The van der Waals surface area contributed by atoms with Crippen molar-refractivity contribution in [2.24, 2.45) is 0 Å². The van der Waals surface area contributed by atoms with Crippen LogP contribution in [0.15, 0.2) is 57.9 Å². The molecule has 2 aromatic rings. The van der Waals surface area contributed by atoms with Gasteiger partial charge < -0.3 is 5.32 Å². The van der Waals surface area contributed by atoms with Crippen LogP contribution < -0.4 is 5.32 Å². The number of hydrogen-bond acceptors (Lipinski definition) is 2.